The fourth-order valence-electron chi connectivity index (χ4n) is 3.53. The van der Waals surface area contributed by atoms with Gasteiger partial charge in [0.1, 0.15) is 17.7 Å². The van der Waals surface area contributed by atoms with Crippen LogP contribution < -0.4 is 5.32 Å². The summed E-state index contributed by atoms with van der Waals surface area (Å²) < 4.78 is 24.6. The second kappa shape index (κ2) is 9.08. The van der Waals surface area contributed by atoms with E-state index in [0.717, 1.165) is 23.9 Å². The predicted molar refractivity (Wildman–Crippen MR) is 110 cm³/mol. The van der Waals surface area contributed by atoms with Gasteiger partial charge < -0.3 is 19.4 Å². The third-order valence-corrected chi connectivity index (χ3v) is 4.93. The summed E-state index contributed by atoms with van der Waals surface area (Å²) in [6.45, 7) is 4.04. The van der Waals surface area contributed by atoms with Gasteiger partial charge in [0.25, 0.3) is 0 Å². The average Bonchev–Trinajstić information content (AvgIpc) is 3.43. The van der Waals surface area contributed by atoms with E-state index >= 15 is 0 Å². The smallest absolute Gasteiger partial charge is 0.216 e. The molecule has 9 heteroatoms. The number of hydrogen-bond donors (Lipinski definition) is 2. The lowest BCUT2D eigenvalue weighted by Gasteiger charge is -2.38. The quantitative estimate of drug-likeness (QED) is 0.495. The first-order valence-electron chi connectivity index (χ1n) is 9.94. The molecule has 1 fully saturated rings. The highest BCUT2D eigenvalue weighted by molar-refractivity contribution is 5.80. The third kappa shape index (κ3) is 4.68. The molecule has 3 heterocycles. The second-order valence-electron chi connectivity index (χ2n) is 7.20. The Hall–Kier alpha value is -3.20. The van der Waals surface area contributed by atoms with Crippen LogP contribution in [0.1, 0.15) is 24.4 Å². The molecule has 1 aliphatic heterocycles. The Morgan fingerprint density at radius 1 is 1.30 bits per heavy atom. The van der Waals surface area contributed by atoms with E-state index in [1.807, 2.05) is 13.0 Å². The number of benzene rings is 1. The van der Waals surface area contributed by atoms with Gasteiger partial charge in [-0.2, -0.15) is 5.10 Å². The number of ether oxygens (including phenoxy) is 1. The Labute approximate surface area is 174 Å². The molecule has 0 saturated carbocycles. The number of hydrogen-bond acceptors (Lipinski definition) is 5. The minimum absolute atomic E-state index is 0.0254. The van der Waals surface area contributed by atoms with Gasteiger partial charge in [-0.1, -0.05) is 12.1 Å². The molecule has 2 unspecified atom stereocenters. The highest BCUT2D eigenvalue weighted by atomic mass is 19.1. The van der Waals surface area contributed by atoms with Gasteiger partial charge >= 0.3 is 0 Å². The highest BCUT2D eigenvalue weighted by Crippen LogP contribution is 2.25. The topological polar surface area (TPSA) is 91.6 Å². The van der Waals surface area contributed by atoms with Crippen molar-refractivity contribution in [3.63, 3.8) is 0 Å². The van der Waals surface area contributed by atoms with Crippen LogP contribution in [0, 0.1) is 5.82 Å². The van der Waals surface area contributed by atoms with Crippen molar-refractivity contribution in [1.82, 2.24) is 25.4 Å². The molecule has 3 aromatic rings. The maximum atomic E-state index is 13.3. The van der Waals surface area contributed by atoms with E-state index in [-0.39, 0.29) is 18.0 Å². The molecule has 0 bridgehead atoms. The van der Waals surface area contributed by atoms with Crippen LogP contribution in [0.5, 0.6) is 0 Å². The molecular formula is C21H25FN6O2. The molecular weight excluding hydrogens is 387 g/mol. The van der Waals surface area contributed by atoms with Crippen molar-refractivity contribution in [3.05, 3.63) is 59.9 Å². The van der Waals surface area contributed by atoms with E-state index < -0.39 is 0 Å². The molecule has 0 spiro atoms. The highest BCUT2D eigenvalue weighted by Gasteiger charge is 2.28. The van der Waals surface area contributed by atoms with Crippen LogP contribution >= 0.6 is 0 Å². The molecule has 0 aliphatic carbocycles. The minimum Gasteiger partial charge on any atom is -0.461 e. The molecule has 1 saturated heterocycles. The summed E-state index contributed by atoms with van der Waals surface area (Å²) in [4.78, 5) is 11.0. The van der Waals surface area contributed by atoms with E-state index in [4.69, 9.17) is 9.15 Å². The summed E-state index contributed by atoms with van der Waals surface area (Å²) in [5.74, 6) is 2.49. The Morgan fingerprint density at radius 2 is 2.13 bits per heavy atom. The fraction of sp³-hybridized carbons (Fsp3) is 0.381. The zero-order chi connectivity index (χ0) is 20.9. The first-order chi connectivity index (χ1) is 14.6. The first kappa shape index (κ1) is 20.1. The van der Waals surface area contributed by atoms with Crippen LogP contribution in [0.2, 0.25) is 0 Å². The summed E-state index contributed by atoms with van der Waals surface area (Å²) in [7, 11) is 1.76. The van der Waals surface area contributed by atoms with E-state index in [0.29, 0.717) is 31.1 Å². The number of morpholine rings is 1. The lowest BCUT2D eigenvalue weighted by Crippen LogP contribution is -2.51. The monoisotopic (exact) mass is 412 g/mol. The summed E-state index contributed by atoms with van der Waals surface area (Å²) >= 11 is 0. The van der Waals surface area contributed by atoms with Gasteiger partial charge in [0.2, 0.25) is 5.82 Å². The maximum absolute atomic E-state index is 13.3. The predicted octanol–water partition coefficient (Wildman–Crippen LogP) is 2.78. The first-order valence-corrected chi connectivity index (χ1v) is 9.94. The zero-order valence-corrected chi connectivity index (χ0v) is 17.0. The number of H-pyrrole nitrogens is 1. The minimum atomic E-state index is -0.250. The molecule has 8 nitrogen and oxygen atoms in total. The summed E-state index contributed by atoms with van der Waals surface area (Å²) in [5, 5.41) is 10.5. The van der Waals surface area contributed by atoms with Crippen LogP contribution in [-0.4, -0.2) is 58.8 Å². The van der Waals surface area contributed by atoms with Crippen molar-refractivity contribution in [2.24, 2.45) is 4.99 Å². The molecule has 1 aliphatic rings. The molecule has 0 radical (unpaired) electrons. The molecule has 2 aromatic heterocycles. The maximum Gasteiger partial charge on any atom is 0.216 e. The molecule has 2 atom stereocenters. The van der Waals surface area contributed by atoms with Crippen LogP contribution in [0.4, 0.5) is 4.39 Å². The van der Waals surface area contributed by atoms with Gasteiger partial charge in [0.15, 0.2) is 11.7 Å². The lowest BCUT2D eigenvalue weighted by atomic mass is 10.1. The van der Waals surface area contributed by atoms with Gasteiger partial charge in [0.05, 0.1) is 18.9 Å². The Balaban J connectivity index is 1.34. The van der Waals surface area contributed by atoms with Crippen LogP contribution in [-0.2, 0) is 11.2 Å². The third-order valence-electron chi connectivity index (χ3n) is 4.93. The van der Waals surface area contributed by atoms with Crippen molar-refractivity contribution >= 4 is 5.96 Å². The van der Waals surface area contributed by atoms with E-state index in [1.54, 1.807) is 31.5 Å². The normalized spacial score (nSPS) is 19.8. The number of nitrogens with zero attached hydrogens (tertiary/aromatic N) is 4. The van der Waals surface area contributed by atoms with Crippen LogP contribution in [0.15, 0.2) is 52.1 Å². The summed E-state index contributed by atoms with van der Waals surface area (Å²) in [5.41, 5.74) is 0.954. The van der Waals surface area contributed by atoms with E-state index in [1.165, 1.54) is 12.1 Å². The fourth-order valence-corrected chi connectivity index (χ4v) is 3.53. The number of aromatic amines is 1. The Morgan fingerprint density at radius 3 is 2.87 bits per heavy atom. The zero-order valence-electron chi connectivity index (χ0n) is 17.0. The molecule has 158 valence electrons. The average molecular weight is 412 g/mol. The molecule has 1 aromatic carbocycles. The number of guanidine groups is 1. The summed E-state index contributed by atoms with van der Waals surface area (Å²) in [6, 6.07) is 10.1. The largest absolute Gasteiger partial charge is 0.461 e. The second-order valence-corrected chi connectivity index (χ2v) is 7.20. The standard InChI is InChI=1S/C21H25FN6O2/c1-14-12-28(13-18(30-14)15-5-7-16(22)8-6-15)21(23-2)24-10-9-19-25-20(27-26-19)17-4-3-11-29-17/h3-8,11,14,18H,9-10,12-13H2,1-2H3,(H,23,24)(H,25,26,27). The van der Waals surface area contributed by atoms with E-state index in [9.17, 15) is 4.39 Å². The van der Waals surface area contributed by atoms with E-state index in [2.05, 4.69) is 30.4 Å². The number of aromatic nitrogens is 3. The van der Waals surface area contributed by atoms with Crippen molar-refractivity contribution in [3.8, 4) is 11.6 Å². The Kier molecular flexibility index (Phi) is 6.08. The molecule has 30 heavy (non-hydrogen) atoms. The number of nitrogens with one attached hydrogen (secondary N) is 2. The molecule has 4 rings (SSSR count). The van der Waals surface area contributed by atoms with Gasteiger partial charge in [-0.15, -0.1) is 0 Å². The Bertz CT molecular complexity index is 970. The molecule has 0 amide bonds. The van der Waals surface area contributed by atoms with Crippen molar-refractivity contribution in [2.45, 2.75) is 25.6 Å². The summed E-state index contributed by atoms with van der Waals surface area (Å²) in [6.07, 6.45) is 2.14. The van der Waals surface area contributed by atoms with Gasteiger partial charge in [-0.25, -0.2) is 9.37 Å². The van der Waals surface area contributed by atoms with Crippen molar-refractivity contribution in [1.29, 1.82) is 0 Å². The number of rotatable bonds is 5. The van der Waals surface area contributed by atoms with Gasteiger partial charge in [-0.3, -0.25) is 10.1 Å². The lowest BCUT2D eigenvalue weighted by molar-refractivity contribution is -0.0604. The van der Waals surface area contributed by atoms with Crippen molar-refractivity contribution in [2.75, 3.05) is 26.7 Å². The van der Waals surface area contributed by atoms with Gasteiger partial charge in [-0.05, 0) is 36.8 Å². The van der Waals surface area contributed by atoms with Crippen molar-refractivity contribution < 1.29 is 13.5 Å². The molecule has 2 N–H and O–H groups in total. The number of aliphatic imine (C=N–C) groups is 1. The number of halogens is 1. The number of furan rings is 1. The SMILES string of the molecule is CN=C(NCCc1nc(-c2ccco2)n[nH]1)N1CC(C)OC(c2ccc(F)cc2)C1. The van der Waals surface area contributed by atoms with Crippen LogP contribution in [0.25, 0.3) is 11.6 Å². The van der Waals surface area contributed by atoms with Gasteiger partial charge in [0, 0.05) is 26.6 Å². The van der Waals surface area contributed by atoms with Crippen LogP contribution in [0.3, 0.4) is 0 Å².